The number of ether oxygens (including phenoxy) is 1. The number of thiazole rings is 1. The maximum absolute atomic E-state index is 12.2. The molecule has 2 unspecified atom stereocenters. The predicted octanol–water partition coefficient (Wildman–Crippen LogP) is 2.64. The number of nitriles is 1. The summed E-state index contributed by atoms with van der Waals surface area (Å²) in [6.07, 6.45) is 0. The van der Waals surface area contributed by atoms with Crippen LogP contribution >= 0.6 is 22.9 Å². The van der Waals surface area contributed by atoms with E-state index in [-0.39, 0.29) is 10.6 Å². The van der Waals surface area contributed by atoms with Gasteiger partial charge >= 0.3 is 5.97 Å². The lowest BCUT2D eigenvalue weighted by atomic mass is 10.1. The zero-order valence-electron chi connectivity index (χ0n) is 14.6. The van der Waals surface area contributed by atoms with Crippen LogP contribution in [-0.2, 0) is 14.3 Å². The molecule has 0 bridgehead atoms. The van der Waals surface area contributed by atoms with Crippen molar-refractivity contribution in [1.82, 2.24) is 10.3 Å². The zero-order chi connectivity index (χ0) is 20.0. The highest BCUT2D eigenvalue weighted by Gasteiger charge is 2.26. The third kappa shape index (κ3) is 5.36. The largest absolute Gasteiger partial charge is 0.456 e. The molecule has 0 spiro atoms. The number of aromatic nitrogens is 1. The molecule has 0 aliphatic carbocycles. The number of rotatable bonds is 7. The Bertz CT molecular complexity index is 906. The fourth-order valence-corrected chi connectivity index (χ4v) is 3.18. The molecule has 0 fully saturated rings. The van der Waals surface area contributed by atoms with Crippen molar-refractivity contribution in [1.29, 1.82) is 5.26 Å². The second-order valence-electron chi connectivity index (χ2n) is 5.64. The molecule has 1 N–H and O–H groups in total. The van der Waals surface area contributed by atoms with E-state index in [4.69, 9.17) is 16.3 Å². The van der Waals surface area contributed by atoms with Crippen LogP contribution in [0, 0.1) is 18.3 Å². The lowest BCUT2D eigenvalue weighted by Crippen LogP contribution is -2.40. The number of nitrogens with one attached hydrogen (secondary N) is 1. The van der Waals surface area contributed by atoms with Crippen LogP contribution in [-0.4, -0.2) is 35.3 Å². The van der Waals surface area contributed by atoms with Crippen LogP contribution in [0.3, 0.4) is 0 Å². The number of halogens is 1. The van der Waals surface area contributed by atoms with Crippen LogP contribution in [0.1, 0.15) is 33.9 Å². The molecular formula is C18H16ClN3O4S. The average Bonchev–Trinajstić information content (AvgIpc) is 3.06. The molecule has 9 heteroatoms. The van der Waals surface area contributed by atoms with Gasteiger partial charge in [-0.1, -0.05) is 23.7 Å². The Labute approximate surface area is 164 Å². The number of benzene rings is 1. The predicted molar refractivity (Wildman–Crippen MR) is 99.6 cm³/mol. The van der Waals surface area contributed by atoms with E-state index in [1.54, 1.807) is 30.5 Å². The third-order valence-corrected chi connectivity index (χ3v) is 4.87. The van der Waals surface area contributed by atoms with E-state index in [1.165, 1.54) is 24.3 Å². The summed E-state index contributed by atoms with van der Waals surface area (Å²) in [5.74, 6) is -3.00. The zero-order valence-corrected chi connectivity index (χ0v) is 16.1. The first kappa shape index (κ1) is 20.6. The van der Waals surface area contributed by atoms with Gasteiger partial charge < -0.3 is 10.1 Å². The van der Waals surface area contributed by atoms with Crippen LogP contribution in [0.5, 0.6) is 0 Å². The van der Waals surface area contributed by atoms with Crippen LogP contribution in [0.2, 0.25) is 5.02 Å². The topological polar surface area (TPSA) is 109 Å². The highest BCUT2D eigenvalue weighted by molar-refractivity contribution is 7.09. The van der Waals surface area contributed by atoms with Crippen LogP contribution in [0.4, 0.5) is 0 Å². The van der Waals surface area contributed by atoms with Crippen LogP contribution in [0.25, 0.3) is 0 Å². The number of ketones is 1. The van der Waals surface area contributed by atoms with Gasteiger partial charge in [-0.3, -0.25) is 9.59 Å². The van der Waals surface area contributed by atoms with Gasteiger partial charge in [0.05, 0.1) is 16.7 Å². The van der Waals surface area contributed by atoms with E-state index >= 15 is 0 Å². The molecule has 2 aromatic rings. The summed E-state index contributed by atoms with van der Waals surface area (Å²) in [7, 11) is 0. The molecule has 0 aliphatic heterocycles. The molecule has 1 aromatic carbocycles. The van der Waals surface area contributed by atoms with E-state index in [0.717, 1.165) is 0 Å². The summed E-state index contributed by atoms with van der Waals surface area (Å²) in [5, 5.41) is 14.0. The Balaban J connectivity index is 1.90. The standard InChI is InChI=1S/C18H16ClN3O4S/c1-10-9-27-17(21-10)13(7-20)15(23)8-26-18(25)11(2)22-16(24)12-5-3-4-6-14(12)19/h3-6,9,11,13H,8H2,1-2H3,(H,22,24). The molecule has 1 heterocycles. The summed E-state index contributed by atoms with van der Waals surface area (Å²) < 4.78 is 4.93. The Morgan fingerprint density at radius 3 is 2.67 bits per heavy atom. The van der Waals surface area contributed by atoms with E-state index in [9.17, 15) is 19.6 Å². The number of esters is 1. The van der Waals surface area contributed by atoms with Crippen molar-refractivity contribution in [2.45, 2.75) is 25.8 Å². The minimum absolute atomic E-state index is 0.221. The molecule has 0 saturated carbocycles. The number of aryl methyl sites for hydroxylation is 1. The highest BCUT2D eigenvalue weighted by Crippen LogP contribution is 2.21. The van der Waals surface area contributed by atoms with Gasteiger partial charge in [0.25, 0.3) is 5.91 Å². The summed E-state index contributed by atoms with van der Waals surface area (Å²) in [6.45, 7) is 2.60. The molecule has 1 amide bonds. The summed E-state index contributed by atoms with van der Waals surface area (Å²) in [5.41, 5.74) is 0.925. The number of amides is 1. The van der Waals surface area contributed by atoms with Crippen molar-refractivity contribution in [3.63, 3.8) is 0 Å². The first-order valence-electron chi connectivity index (χ1n) is 7.90. The van der Waals surface area contributed by atoms with Crippen molar-refractivity contribution in [2.24, 2.45) is 0 Å². The first-order valence-corrected chi connectivity index (χ1v) is 9.15. The van der Waals surface area contributed by atoms with Gasteiger partial charge in [-0.25, -0.2) is 9.78 Å². The molecule has 0 radical (unpaired) electrons. The SMILES string of the molecule is Cc1csc(C(C#N)C(=O)COC(=O)C(C)NC(=O)c2ccccc2Cl)n1. The first-order chi connectivity index (χ1) is 12.8. The molecule has 0 aliphatic rings. The quantitative estimate of drug-likeness (QED) is 0.709. The van der Waals surface area contributed by atoms with Gasteiger partial charge in [0.2, 0.25) is 0 Å². The van der Waals surface area contributed by atoms with Gasteiger partial charge in [-0.2, -0.15) is 5.26 Å². The van der Waals surface area contributed by atoms with Crippen molar-refractivity contribution >= 4 is 40.6 Å². The Kier molecular flexibility index (Phi) is 7.05. The van der Waals surface area contributed by atoms with E-state index in [2.05, 4.69) is 10.3 Å². The number of Topliss-reactive ketones (excluding diaryl/α,β-unsaturated/α-hetero) is 1. The number of hydrogen-bond acceptors (Lipinski definition) is 7. The van der Waals surface area contributed by atoms with Gasteiger partial charge in [0.15, 0.2) is 18.3 Å². The third-order valence-electron chi connectivity index (χ3n) is 3.51. The van der Waals surface area contributed by atoms with Crippen LogP contribution < -0.4 is 5.32 Å². The maximum atomic E-state index is 12.2. The monoisotopic (exact) mass is 405 g/mol. The minimum atomic E-state index is -1.09. The second kappa shape index (κ2) is 9.26. The highest BCUT2D eigenvalue weighted by atomic mass is 35.5. The molecule has 27 heavy (non-hydrogen) atoms. The van der Waals surface area contributed by atoms with Crippen LogP contribution in [0.15, 0.2) is 29.6 Å². The molecular weight excluding hydrogens is 390 g/mol. The Morgan fingerprint density at radius 2 is 2.07 bits per heavy atom. The molecule has 0 saturated heterocycles. The van der Waals surface area contributed by atoms with Gasteiger partial charge in [0, 0.05) is 11.1 Å². The smallest absolute Gasteiger partial charge is 0.328 e. The number of carbonyl (C=O) groups excluding carboxylic acids is 3. The van der Waals surface area contributed by atoms with Gasteiger partial charge in [-0.15, -0.1) is 11.3 Å². The number of hydrogen-bond donors (Lipinski definition) is 1. The average molecular weight is 406 g/mol. The van der Waals surface area contributed by atoms with Gasteiger partial charge in [-0.05, 0) is 26.0 Å². The Morgan fingerprint density at radius 1 is 1.37 bits per heavy atom. The summed E-state index contributed by atoms with van der Waals surface area (Å²) >= 11 is 7.13. The van der Waals surface area contributed by atoms with E-state index in [1.807, 2.05) is 6.07 Å². The van der Waals surface area contributed by atoms with E-state index < -0.39 is 36.2 Å². The fourth-order valence-electron chi connectivity index (χ4n) is 2.10. The van der Waals surface area contributed by atoms with Gasteiger partial charge in [0.1, 0.15) is 11.0 Å². The molecule has 7 nitrogen and oxygen atoms in total. The van der Waals surface area contributed by atoms with E-state index in [0.29, 0.717) is 10.7 Å². The van der Waals surface area contributed by atoms with Crippen molar-refractivity contribution in [2.75, 3.05) is 6.61 Å². The van der Waals surface area contributed by atoms with Crippen molar-refractivity contribution < 1.29 is 19.1 Å². The maximum Gasteiger partial charge on any atom is 0.328 e. The molecule has 140 valence electrons. The minimum Gasteiger partial charge on any atom is -0.456 e. The van der Waals surface area contributed by atoms with Crippen molar-refractivity contribution in [3.8, 4) is 6.07 Å². The normalized spacial score (nSPS) is 12.5. The summed E-state index contributed by atoms with van der Waals surface area (Å²) in [4.78, 5) is 40.4. The van der Waals surface area contributed by atoms with Crippen molar-refractivity contribution in [3.05, 3.63) is 50.9 Å². The Hall–Kier alpha value is -2.76. The fraction of sp³-hybridized carbons (Fsp3) is 0.278. The second-order valence-corrected chi connectivity index (χ2v) is 6.94. The molecule has 2 atom stereocenters. The number of nitrogens with zero attached hydrogens (tertiary/aromatic N) is 2. The number of carbonyl (C=O) groups is 3. The lowest BCUT2D eigenvalue weighted by molar-refractivity contribution is -0.149. The summed E-state index contributed by atoms with van der Waals surface area (Å²) in [6, 6.07) is 7.27. The molecule has 2 rings (SSSR count). The lowest BCUT2D eigenvalue weighted by Gasteiger charge is -2.14. The molecule has 1 aromatic heterocycles.